The van der Waals surface area contributed by atoms with E-state index in [1.54, 1.807) is 24.3 Å². The molecule has 0 unspecified atom stereocenters. The molecule has 0 spiro atoms. The number of halogens is 1. The van der Waals surface area contributed by atoms with Crippen LogP contribution >= 0.6 is 0 Å². The molecule has 2 aromatic rings. The van der Waals surface area contributed by atoms with E-state index in [1.165, 1.54) is 11.0 Å². The number of carbonyl (C=O) groups excluding carboxylic acids is 3. The Morgan fingerprint density at radius 3 is 2.41 bits per heavy atom. The van der Waals surface area contributed by atoms with Crippen LogP contribution in [0.5, 0.6) is 0 Å². The summed E-state index contributed by atoms with van der Waals surface area (Å²) in [6.07, 6.45) is -1.03. The molecule has 2 aliphatic rings. The third-order valence-electron chi connectivity index (χ3n) is 6.65. The Kier molecular flexibility index (Phi) is 8.12. The Morgan fingerprint density at radius 1 is 1.05 bits per heavy atom. The number of rotatable bonds is 8. The highest BCUT2D eigenvalue weighted by Gasteiger charge is 2.33. The number of carbonyl (C=O) groups is 3. The lowest BCUT2D eigenvalue weighted by Gasteiger charge is -2.29. The van der Waals surface area contributed by atoms with Gasteiger partial charge in [0.15, 0.2) is 5.78 Å². The smallest absolute Gasteiger partial charge is 0.414 e. The van der Waals surface area contributed by atoms with Crippen LogP contribution < -0.4 is 15.1 Å². The van der Waals surface area contributed by atoms with Crippen molar-refractivity contribution in [3.63, 3.8) is 0 Å². The van der Waals surface area contributed by atoms with Crippen LogP contribution in [0.15, 0.2) is 42.5 Å². The Hall–Kier alpha value is -3.46. The molecule has 4 rings (SSSR count). The maximum atomic E-state index is 14.8. The molecule has 9 heteroatoms. The quantitative estimate of drug-likeness (QED) is 0.538. The summed E-state index contributed by atoms with van der Waals surface area (Å²) in [5.41, 5.74) is 2.59. The summed E-state index contributed by atoms with van der Waals surface area (Å²) in [4.78, 5) is 40.4. The molecular formula is C28H34FN3O5. The molecule has 0 radical (unpaired) electrons. The van der Waals surface area contributed by atoms with Gasteiger partial charge in [-0.15, -0.1) is 0 Å². The summed E-state index contributed by atoms with van der Waals surface area (Å²) < 4.78 is 25.4. The number of Topliss-reactive ketones (excluding diaryl/α,β-unsaturated/α-hetero) is 1. The number of ether oxygens (including phenoxy) is 2. The Balaban J connectivity index is 1.24. The first-order chi connectivity index (χ1) is 17.6. The van der Waals surface area contributed by atoms with E-state index in [1.807, 2.05) is 17.0 Å². The van der Waals surface area contributed by atoms with E-state index in [0.29, 0.717) is 43.2 Å². The number of amides is 2. The zero-order chi connectivity index (χ0) is 26.6. The first kappa shape index (κ1) is 26.6. The van der Waals surface area contributed by atoms with Gasteiger partial charge in [-0.3, -0.25) is 14.5 Å². The van der Waals surface area contributed by atoms with Crippen molar-refractivity contribution in [3.8, 4) is 0 Å². The molecular weight excluding hydrogens is 477 g/mol. The van der Waals surface area contributed by atoms with Gasteiger partial charge in [0, 0.05) is 31.5 Å². The minimum atomic E-state index is -0.591. The highest BCUT2D eigenvalue weighted by Crippen LogP contribution is 2.28. The maximum Gasteiger partial charge on any atom is 0.414 e. The van der Waals surface area contributed by atoms with Gasteiger partial charge in [0.25, 0.3) is 0 Å². The second-order valence-electron chi connectivity index (χ2n) is 10.4. The number of hydrogen-bond acceptors (Lipinski definition) is 6. The van der Waals surface area contributed by atoms with Gasteiger partial charge in [-0.05, 0) is 29.2 Å². The minimum Gasteiger partial charge on any atom is -0.442 e. The fraction of sp³-hybridized carbons (Fsp3) is 0.464. The van der Waals surface area contributed by atoms with Crippen LogP contribution in [0.2, 0.25) is 0 Å². The molecule has 2 heterocycles. The summed E-state index contributed by atoms with van der Waals surface area (Å²) >= 11 is 0. The van der Waals surface area contributed by atoms with Crippen molar-refractivity contribution in [1.29, 1.82) is 0 Å². The number of nitrogens with one attached hydrogen (secondary N) is 1. The summed E-state index contributed by atoms with van der Waals surface area (Å²) in [5, 5.41) is 2.73. The fourth-order valence-corrected chi connectivity index (χ4v) is 4.41. The second kappa shape index (κ2) is 11.3. The Labute approximate surface area is 216 Å². The molecule has 1 N–H and O–H groups in total. The molecule has 37 heavy (non-hydrogen) atoms. The van der Waals surface area contributed by atoms with Gasteiger partial charge >= 0.3 is 6.09 Å². The molecule has 1 atom stereocenters. The lowest BCUT2D eigenvalue weighted by molar-refractivity contribution is -0.121. The SMILES string of the molecule is CC(C)(C)c1ccc(C(=O)CCC(=O)NC[C@H]2CN(c3ccc(N4CCOCC4)c(F)c3)C(=O)O2)cc1. The number of hydrogen-bond donors (Lipinski definition) is 1. The third kappa shape index (κ3) is 6.65. The standard InChI is InChI=1S/C28H34FN3O5/c1-28(2,3)20-6-4-19(5-7-20)25(33)10-11-26(34)30-17-22-18-32(27(35)37-22)21-8-9-24(23(29)16-21)31-12-14-36-15-13-31/h4-9,16,22H,10-15,17-18H2,1-3H3,(H,30,34)/t22-/m0/s1. The summed E-state index contributed by atoms with van der Waals surface area (Å²) in [7, 11) is 0. The van der Waals surface area contributed by atoms with E-state index in [4.69, 9.17) is 9.47 Å². The minimum absolute atomic E-state index is 0.00125. The molecule has 0 aliphatic carbocycles. The van der Waals surface area contributed by atoms with Gasteiger partial charge in [0.05, 0.1) is 37.7 Å². The van der Waals surface area contributed by atoms with Crippen molar-refractivity contribution in [1.82, 2.24) is 5.32 Å². The van der Waals surface area contributed by atoms with Crippen molar-refractivity contribution >= 4 is 29.2 Å². The molecule has 2 fully saturated rings. The number of morpholine rings is 1. The third-order valence-corrected chi connectivity index (χ3v) is 6.65. The van der Waals surface area contributed by atoms with Gasteiger partial charge in [0.2, 0.25) is 5.91 Å². The van der Waals surface area contributed by atoms with Gasteiger partial charge in [-0.25, -0.2) is 9.18 Å². The number of cyclic esters (lactones) is 1. The lowest BCUT2D eigenvalue weighted by Crippen LogP contribution is -2.37. The van der Waals surface area contributed by atoms with Crippen LogP contribution in [0, 0.1) is 5.82 Å². The molecule has 8 nitrogen and oxygen atoms in total. The lowest BCUT2D eigenvalue weighted by atomic mass is 9.86. The molecule has 0 bridgehead atoms. The van der Waals surface area contributed by atoms with Crippen LogP contribution in [0.4, 0.5) is 20.6 Å². The number of nitrogens with zero attached hydrogens (tertiary/aromatic N) is 2. The number of anilines is 2. The number of ketones is 1. The van der Waals surface area contributed by atoms with Crippen molar-refractivity contribution in [2.24, 2.45) is 0 Å². The fourth-order valence-electron chi connectivity index (χ4n) is 4.41. The van der Waals surface area contributed by atoms with E-state index in [9.17, 15) is 18.8 Å². The second-order valence-corrected chi connectivity index (χ2v) is 10.4. The van der Waals surface area contributed by atoms with E-state index in [0.717, 1.165) is 5.56 Å². The Bertz CT molecular complexity index is 1140. The van der Waals surface area contributed by atoms with E-state index >= 15 is 0 Å². The van der Waals surface area contributed by atoms with Crippen LogP contribution in [0.1, 0.15) is 49.5 Å². The predicted octanol–water partition coefficient (Wildman–Crippen LogP) is 4.06. The van der Waals surface area contributed by atoms with Gasteiger partial charge < -0.3 is 19.7 Å². The summed E-state index contributed by atoms with van der Waals surface area (Å²) in [5.74, 6) is -0.812. The van der Waals surface area contributed by atoms with Crippen molar-refractivity contribution < 1.29 is 28.2 Å². The van der Waals surface area contributed by atoms with Crippen molar-refractivity contribution in [3.05, 3.63) is 59.4 Å². The highest BCUT2D eigenvalue weighted by molar-refractivity contribution is 5.98. The average molecular weight is 512 g/mol. The first-order valence-electron chi connectivity index (χ1n) is 12.6. The van der Waals surface area contributed by atoms with Crippen molar-refractivity contribution in [2.45, 2.75) is 45.1 Å². The highest BCUT2D eigenvalue weighted by atomic mass is 19.1. The monoisotopic (exact) mass is 511 g/mol. The van der Waals surface area contributed by atoms with Crippen LogP contribution in [-0.2, 0) is 19.7 Å². The zero-order valence-electron chi connectivity index (χ0n) is 21.6. The largest absolute Gasteiger partial charge is 0.442 e. The molecule has 2 amide bonds. The topological polar surface area (TPSA) is 88.2 Å². The molecule has 2 aromatic carbocycles. The summed E-state index contributed by atoms with van der Waals surface area (Å²) in [6, 6.07) is 12.1. The van der Waals surface area contributed by atoms with Gasteiger partial charge in [-0.2, -0.15) is 0 Å². The summed E-state index contributed by atoms with van der Waals surface area (Å²) in [6.45, 7) is 8.94. The molecule has 2 aliphatic heterocycles. The number of benzene rings is 2. The molecule has 2 saturated heterocycles. The Morgan fingerprint density at radius 2 is 1.76 bits per heavy atom. The zero-order valence-corrected chi connectivity index (χ0v) is 21.6. The van der Waals surface area contributed by atoms with Crippen LogP contribution in [0.25, 0.3) is 0 Å². The predicted molar refractivity (Wildman–Crippen MR) is 139 cm³/mol. The molecule has 0 saturated carbocycles. The van der Waals surface area contributed by atoms with Crippen LogP contribution in [0.3, 0.4) is 0 Å². The van der Waals surface area contributed by atoms with Crippen LogP contribution in [-0.4, -0.2) is 63.3 Å². The first-order valence-corrected chi connectivity index (χ1v) is 12.6. The van der Waals surface area contributed by atoms with E-state index < -0.39 is 18.0 Å². The normalized spacial score (nSPS) is 18.1. The van der Waals surface area contributed by atoms with Gasteiger partial charge in [0.1, 0.15) is 11.9 Å². The molecule has 198 valence electrons. The van der Waals surface area contributed by atoms with Crippen molar-refractivity contribution in [2.75, 3.05) is 49.2 Å². The van der Waals surface area contributed by atoms with E-state index in [-0.39, 0.29) is 43.0 Å². The van der Waals surface area contributed by atoms with Gasteiger partial charge in [-0.1, -0.05) is 45.0 Å². The maximum absolute atomic E-state index is 14.8. The van der Waals surface area contributed by atoms with E-state index in [2.05, 4.69) is 26.1 Å². The molecule has 0 aromatic heterocycles. The average Bonchev–Trinajstić information content (AvgIpc) is 3.26.